The van der Waals surface area contributed by atoms with Crippen LogP contribution in [0.5, 0.6) is 11.5 Å². The van der Waals surface area contributed by atoms with E-state index in [0.717, 1.165) is 33.4 Å². The Morgan fingerprint density at radius 2 is 0.854 bits per heavy atom. The van der Waals surface area contributed by atoms with Gasteiger partial charge in [0.1, 0.15) is 11.5 Å². The molecule has 5 aromatic carbocycles. The van der Waals surface area contributed by atoms with Crippen molar-refractivity contribution in [3.05, 3.63) is 161 Å². The van der Waals surface area contributed by atoms with Gasteiger partial charge in [-0.25, -0.2) is 0 Å². The van der Waals surface area contributed by atoms with E-state index in [4.69, 9.17) is 9.98 Å². The van der Waals surface area contributed by atoms with Crippen molar-refractivity contribution in [1.82, 2.24) is 0 Å². The first-order valence-corrected chi connectivity index (χ1v) is 15.9. The molecular formula is C43H47CoN2O2-. The van der Waals surface area contributed by atoms with E-state index in [0.29, 0.717) is 35.3 Å². The van der Waals surface area contributed by atoms with Gasteiger partial charge in [0.15, 0.2) is 0 Å². The van der Waals surface area contributed by atoms with E-state index in [1.54, 1.807) is 12.4 Å². The summed E-state index contributed by atoms with van der Waals surface area (Å²) in [5.74, 6) is 0.466. The molecule has 0 heterocycles. The van der Waals surface area contributed by atoms with Crippen LogP contribution in [0.25, 0.3) is 0 Å². The van der Waals surface area contributed by atoms with Crippen molar-refractivity contribution in [3.8, 4) is 11.5 Å². The molecule has 5 aromatic rings. The average Bonchev–Trinajstić information content (AvgIpc) is 3.02. The second kappa shape index (κ2) is 16.1. The minimum atomic E-state index is -0.104. The normalized spacial score (nSPS) is 11.8. The monoisotopic (exact) mass is 682 g/mol. The van der Waals surface area contributed by atoms with Gasteiger partial charge in [-0.3, -0.25) is 9.98 Å². The summed E-state index contributed by atoms with van der Waals surface area (Å²) in [6, 6.07) is 36.3. The number of nitrogens with zero attached hydrogens (tertiary/aromatic N) is 2. The van der Waals surface area contributed by atoms with Gasteiger partial charge in [0.25, 0.3) is 0 Å². The maximum Gasteiger partial charge on any atom is 0.127 e. The van der Waals surface area contributed by atoms with Crippen molar-refractivity contribution in [2.24, 2.45) is 9.98 Å². The Morgan fingerprint density at radius 1 is 0.521 bits per heavy atom. The van der Waals surface area contributed by atoms with Crippen LogP contribution in [0.2, 0.25) is 0 Å². The van der Waals surface area contributed by atoms with Crippen molar-refractivity contribution < 1.29 is 27.0 Å². The SMILES string of the molecule is CC(C)(C)c1cc(C=Nc2ccccc2N=Cc2cc(C(C)(C)C)cc(Cc3ccccc3)c2O)c(O)c(Cc2ccccc2)c1.[CH3-].[Co]. The Kier molecular flexibility index (Phi) is 12.7. The largest absolute Gasteiger partial charge is 0.507 e. The fourth-order valence-corrected chi connectivity index (χ4v) is 5.36. The molecule has 48 heavy (non-hydrogen) atoms. The summed E-state index contributed by atoms with van der Waals surface area (Å²) in [6.07, 6.45) is 4.70. The molecule has 5 rings (SSSR count). The standard InChI is InChI=1S/C42H44N2O2.CH3.Co/c1-41(2,3)35-23-31(21-29-15-9-7-10-16-29)39(45)33(25-35)27-43-37-19-13-14-20-38(37)44-28-34-26-36(42(4,5)6)24-32(40(34)46)22-30-17-11-8-12-18-30;;/h7-20,23-28,45-46H,21-22H2,1-6H3;1H3;/q;-1;. The predicted octanol–water partition coefficient (Wildman–Crippen LogP) is 10.8. The van der Waals surface area contributed by atoms with Gasteiger partial charge in [-0.1, -0.05) is 126 Å². The van der Waals surface area contributed by atoms with Gasteiger partial charge in [0, 0.05) is 53.2 Å². The fourth-order valence-electron chi connectivity index (χ4n) is 5.36. The number of para-hydroxylation sites is 2. The molecule has 1 radical (unpaired) electrons. The minimum Gasteiger partial charge on any atom is -0.507 e. The zero-order valence-corrected chi connectivity index (χ0v) is 30.1. The molecule has 0 saturated heterocycles. The Bertz CT molecular complexity index is 1730. The first kappa shape index (κ1) is 38.0. The average molecular weight is 683 g/mol. The summed E-state index contributed by atoms with van der Waals surface area (Å²) in [5.41, 5.74) is 8.72. The van der Waals surface area contributed by atoms with E-state index in [-0.39, 0.29) is 46.5 Å². The second-order valence-corrected chi connectivity index (χ2v) is 14.0. The van der Waals surface area contributed by atoms with Crippen molar-refractivity contribution in [2.75, 3.05) is 0 Å². The number of phenols is 2. The Morgan fingerprint density at radius 3 is 1.19 bits per heavy atom. The molecule has 0 saturated carbocycles. The van der Waals surface area contributed by atoms with Crippen LogP contribution in [0.1, 0.15) is 86.1 Å². The molecular weight excluding hydrogens is 635 g/mol. The number of aromatic hydroxyl groups is 2. The number of hydrogen-bond acceptors (Lipinski definition) is 4. The van der Waals surface area contributed by atoms with E-state index < -0.39 is 0 Å². The van der Waals surface area contributed by atoms with Crippen molar-refractivity contribution in [3.63, 3.8) is 0 Å². The summed E-state index contributed by atoms with van der Waals surface area (Å²) in [4.78, 5) is 9.62. The summed E-state index contributed by atoms with van der Waals surface area (Å²) in [6.45, 7) is 13.0. The zero-order valence-electron chi connectivity index (χ0n) is 29.1. The molecule has 0 aromatic heterocycles. The van der Waals surface area contributed by atoms with E-state index in [9.17, 15) is 10.2 Å². The molecule has 251 valence electrons. The van der Waals surface area contributed by atoms with Crippen molar-refractivity contribution >= 4 is 23.8 Å². The number of aliphatic imine (C=N–C) groups is 2. The number of benzene rings is 5. The van der Waals surface area contributed by atoms with Crippen LogP contribution in [0, 0.1) is 7.43 Å². The topological polar surface area (TPSA) is 65.2 Å². The van der Waals surface area contributed by atoms with Gasteiger partial charge in [-0.2, -0.15) is 0 Å². The molecule has 0 amide bonds. The molecule has 0 spiro atoms. The van der Waals surface area contributed by atoms with Crippen molar-refractivity contribution in [2.45, 2.75) is 65.2 Å². The van der Waals surface area contributed by atoms with E-state index in [1.807, 2.05) is 72.8 Å². The molecule has 0 fully saturated rings. The van der Waals surface area contributed by atoms with Gasteiger partial charge in [-0.15, -0.1) is 0 Å². The molecule has 2 N–H and O–H groups in total. The fraction of sp³-hybridized carbons (Fsp3) is 0.233. The Labute approximate surface area is 297 Å². The number of hydrogen-bond donors (Lipinski definition) is 2. The number of rotatable bonds is 8. The van der Waals surface area contributed by atoms with Crippen LogP contribution >= 0.6 is 0 Å². The van der Waals surface area contributed by atoms with Gasteiger partial charge >= 0.3 is 0 Å². The smallest absolute Gasteiger partial charge is 0.127 e. The van der Waals surface area contributed by atoms with E-state index in [1.165, 1.54) is 0 Å². The van der Waals surface area contributed by atoms with Gasteiger partial charge in [-0.05, 0) is 68.5 Å². The second-order valence-electron chi connectivity index (χ2n) is 14.0. The minimum absolute atomic E-state index is 0. The first-order chi connectivity index (χ1) is 21.9. The van der Waals surface area contributed by atoms with Crippen LogP contribution in [-0.2, 0) is 40.5 Å². The zero-order chi connectivity index (χ0) is 32.9. The molecule has 0 aliphatic rings. The third kappa shape index (κ3) is 9.56. The van der Waals surface area contributed by atoms with Crippen molar-refractivity contribution in [1.29, 1.82) is 0 Å². The first-order valence-electron chi connectivity index (χ1n) is 15.9. The van der Waals surface area contributed by atoms with Crippen LogP contribution in [-0.4, -0.2) is 22.6 Å². The quantitative estimate of drug-likeness (QED) is 0.126. The van der Waals surface area contributed by atoms with Gasteiger partial charge in [0.2, 0.25) is 0 Å². The molecule has 0 aliphatic heterocycles. The molecule has 0 unspecified atom stereocenters. The Balaban J connectivity index is 0.00000312. The predicted molar refractivity (Wildman–Crippen MR) is 199 cm³/mol. The molecule has 0 bridgehead atoms. The van der Waals surface area contributed by atoms with Crippen LogP contribution in [0.4, 0.5) is 11.4 Å². The summed E-state index contributed by atoms with van der Waals surface area (Å²) in [5, 5.41) is 22.7. The Hall–Kier alpha value is -4.45. The van der Waals surface area contributed by atoms with Gasteiger partial charge in [0.05, 0.1) is 11.4 Å². The summed E-state index contributed by atoms with van der Waals surface area (Å²) in [7, 11) is 0. The maximum absolute atomic E-state index is 11.3. The summed E-state index contributed by atoms with van der Waals surface area (Å²) < 4.78 is 0. The third-order valence-corrected chi connectivity index (χ3v) is 8.21. The molecule has 0 atom stereocenters. The van der Waals surface area contributed by atoms with Crippen LogP contribution in [0.15, 0.2) is 119 Å². The number of phenolic OH excluding ortho intramolecular Hbond substituents is 2. The van der Waals surface area contributed by atoms with E-state index in [2.05, 4.69) is 77.9 Å². The molecule has 4 nitrogen and oxygen atoms in total. The molecule has 0 aliphatic carbocycles. The van der Waals surface area contributed by atoms with Crippen LogP contribution in [0.3, 0.4) is 0 Å². The maximum atomic E-state index is 11.3. The third-order valence-electron chi connectivity index (χ3n) is 8.21. The van der Waals surface area contributed by atoms with Gasteiger partial charge < -0.3 is 17.6 Å². The van der Waals surface area contributed by atoms with E-state index >= 15 is 0 Å². The molecule has 5 heteroatoms. The summed E-state index contributed by atoms with van der Waals surface area (Å²) >= 11 is 0. The van der Waals surface area contributed by atoms with Crippen LogP contribution < -0.4 is 0 Å².